The number of nitrogens with zero attached hydrogens (tertiary/aromatic N) is 4. The third kappa shape index (κ3) is 3.16. The molecule has 2 amide bonds. The van der Waals surface area contributed by atoms with Crippen molar-refractivity contribution in [2.75, 3.05) is 11.5 Å². The third-order valence-corrected chi connectivity index (χ3v) is 5.41. The number of carbonyl (C=O) groups is 3. The Morgan fingerprint density at radius 2 is 1.82 bits per heavy atom. The summed E-state index contributed by atoms with van der Waals surface area (Å²) in [5.41, 5.74) is 2.26. The van der Waals surface area contributed by atoms with Crippen LogP contribution in [0.3, 0.4) is 0 Å². The van der Waals surface area contributed by atoms with Crippen LogP contribution >= 0.6 is 0 Å². The number of imide groups is 1. The molecule has 0 atom stereocenters. The Kier molecular flexibility index (Phi) is 4.74. The number of pyridine rings is 1. The van der Waals surface area contributed by atoms with Crippen molar-refractivity contribution in [3.63, 3.8) is 0 Å². The van der Waals surface area contributed by atoms with Gasteiger partial charge < -0.3 is 4.74 Å². The van der Waals surface area contributed by atoms with Crippen molar-refractivity contribution in [2.45, 2.75) is 13.8 Å². The van der Waals surface area contributed by atoms with E-state index in [0.717, 1.165) is 4.90 Å². The zero-order valence-corrected chi connectivity index (χ0v) is 17.7. The van der Waals surface area contributed by atoms with E-state index in [2.05, 4.69) is 10.1 Å². The average molecular weight is 444 g/mol. The van der Waals surface area contributed by atoms with Crippen molar-refractivity contribution >= 4 is 34.5 Å². The molecular weight excluding hydrogens is 427 g/mol. The number of anilines is 1. The Labute approximate surface area is 187 Å². The Hall–Kier alpha value is -4.40. The lowest BCUT2D eigenvalue weighted by Gasteiger charge is -2.14. The van der Waals surface area contributed by atoms with Crippen LogP contribution in [0, 0.1) is 12.7 Å². The molecule has 2 aromatic heterocycles. The first kappa shape index (κ1) is 20.5. The van der Waals surface area contributed by atoms with Crippen molar-refractivity contribution in [2.24, 2.45) is 0 Å². The number of halogens is 1. The van der Waals surface area contributed by atoms with Crippen LogP contribution in [0.25, 0.3) is 16.7 Å². The second-order valence-corrected chi connectivity index (χ2v) is 7.44. The number of esters is 1. The lowest BCUT2D eigenvalue weighted by Crippen LogP contribution is -2.29. The fourth-order valence-corrected chi connectivity index (χ4v) is 3.94. The van der Waals surface area contributed by atoms with Crippen LogP contribution < -0.4 is 4.90 Å². The molecule has 4 aromatic rings. The number of ether oxygens (including phenoxy) is 1. The second-order valence-electron chi connectivity index (χ2n) is 7.44. The summed E-state index contributed by atoms with van der Waals surface area (Å²) in [7, 11) is 0. The van der Waals surface area contributed by atoms with Crippen LogP contribution in [0.2, 0.25) is 0 Å². The minimum absolute atomic E-state index is 0.156. The molecule has 2 aromatic carbocycles. The van der Waals surface area contributed by atoms with E-state index in [-0.39, 0.29) is 17.7 Å². The summed E-state index contributed by atoms with van der Waals surface area (Å²) in [6.07, 6.45) is 1.34. The predicted molar refractivity (Wildman–Crippen MR) is 117 cm³/mol. The van der Waals surface area contributed by atoms with Crippen LogP contribution in [0.15, 0.2) is 54.7 Å². The van der Waals surface area contributed by atoms with Crippen molar-refractivity contribution in [1.82, 2.24) is 14.8 Å². The van der Waals surface area contributed by atoms with Gasteiger partial charge in [0.25, 0.3) is 11.8 Å². The Morgan fingerprint density at radius 3 is 2.52 bits per heavy atom. The molecule has 8 nitrogen and oxygen atoms in total. The normalized spacial score (nSPS) is 13.0. The van der Waals surface area contributed by atoms with E-state index in [0.29, 0.717) is 33.7 Å². The van der Waals surface area contributed by atoms with E-state index in [1.165, 1.54) is 47.3 Å². The average Bonchev–Trinajstić information content (AvgIpc) is 3.28. The largest absolute Gasteiger partial charge is 0.462 e. The second kappa shape index (κ2) is 7.63. The number of benzene rings is 2. The van der Waals surface area contributed by atoms with Crippen LogP contribution in [-0.4, -0.2) is 39.2 Å². The monoisotopic (exact) mass is 444 g/mol. The summed E-state index contributed by atoms with van der Waals surface area (Å²) in [6, 6.07) is 11.9. The van der Waals surface area contributed by atoms with E-state index in [1.54, 1.807) is 26.0 Å². The minimum atomic E-state index is -0.522. The number of aryl methyl sites for hydroxylation is 1. The topological polar surface area (TPSA) is 94.4 Å². The number of fused-ring (bicyclic) bond motifs is 3. The molecule has 0 saturated carbocycles. The Balaban J connectivity index is 1.59. The van der Waals surface area contributed by atoms with Gasteiger partial charge in [0.1, 0.15) is 5.82 Å². The summed E-state index contributed by atoms with van der Waals surface area (Å²) in [5, 5.41) is 4.87. The molecule has 1 aliphatic heterocycles. The molecule has 0 N–H and O–H groups in total. The number of carbonyl (C=O) groups excluding carboxylic acids is 3. The third-order valence-electron chi connectivity index (χ3n) is 5.41. The van der Waals surface area contributed by atoms with Gasteiger partial charge in [-0.2, -0.15) is 5.10 Å². The molecule has 0 spiro atoms. The van der Waals surface area contributed by atoms with Gasteiger partial charge in [-0.25, -0.2) is 23.8 Å². The highest BCUT2D eigenvalue weighted by Crippen LogP contribution is 2.34. The first-order valence-corrected chi connectivity index (χ1v) is 10.2. The summed E-state index contributed by atoms with van der Waals surface area (Å²) in [5.74, 6) is -1.96. The molecular formula is C24H17FN4O4. The van der Waals surface area contributed by atoms with Crippen molar-refractivity contribution in [3.8, 4) is 5.69 Å². The maximum atomic E-state index is 13.8. The van der Waals surface area contributed by atoms with Gasteiger partial charge in [0.2, 0.25) is 0 Å². The van der Waals surface area contributed by atoms with E-state index in [1.807, 2.05) is 0 Å². The number of aromatic nitrogens is 3. The molecule has 164 valence electrons. The molecule has 0 aliphatic carbocycles. The number of hydrogen-bond acceptors (Lipinski definition) is 6. The van der Waals surface area contributed by atoms with E-state index in [9.17, 15) is 18.8 Å². The SMILES string of the molecule is CCOC(=O)c1ccc(N2C(=O)c3cnc4c(c(C)nn4-c4cccc(F)c4)c3C2=O)cc1. The van der Waals surface area contributed by atoms with Crippen LogP contribution in [0.5, 0.6) is 0 Å². The van der Waals surface area contributed by atoms with Crippen molar-refractivity contribution < 1.29 is 23.5 Å². The summed E-state index contributed by atoms with van der Waals surface area (Å²) in [6.45, 7) is 3.65. The van der Waals surface area contributed by atoms with E-state index >= 15 is 0 Å². The zero-order valence-electron chi connectivity index (χ0n) is 17.7. The Morgan fingerprint density at radius 1 is 1.06 bits per heavy atom. The maximum Gasteiger partial charge on any atom is 0.338 e. The quantitative estimate of drug-likeness (QED) is 0.351. The molecule has 0 fully saturated rings. The van der Waals surface area contributed by atoms with E-state index in [4.69, 9.17) is 4.74 Å². The maximum absolute atomic E-state index is 13.8. The Bertz CT molecular complexity index is 1460. The smallest absolute Gasteiger partial charge is 0.338 e. The first-order valence-electron chi connectivity index (χ1n) is 10.2. The molecule has 0 unspecified atom stereocenters. The molecule has 0 bridgehead atoms. The molecule has 0 radical (unpaired) electrons. The molecule has 3 heterocycles. The summed E-state index contributed by atoms with van der Waals surface area (Å²) < 4.78 is 20.2. The van der Waals surface area contributed by atoms with Crippen molar-refractivity contribution in [1.29, 1.82) is 0 Å². The molecule has 0 saturated heterocycles. The number of amides is 2. The predicted octanol–water partition coefficient (Wildman–Crippen LogP) is 3.85. The van der Waals surface area contributed by atoms with Crippen molar-refractivity contribution in [3.05, 3.63) is 82.9 Å². The lowest BCUT2D eigenvalue weighted by atomic mass is 10.1. The fraction of sp³-hybridized carbons (Fsp3) is 0.125. The van der Waals surface area contributed by atoms with Crippen LogP contribution in [0.1, 0.15) is 43.7 Å². The zero-order chi connectivity index (χ0) is 23.3. The standard InChI is InChI=1S/C24H17FN4O4/c1-3-33-24(32)14-7-9-16(10-8-14)28-22(30)18-12-26-21-19(20(18)23(28)31)13(2)27-29(21)17-6-4-5-15(25)11-17/h4-12H,3H2,1-2H3. The van der Waals surface area contributed by atoms with Crippen LogP contribution in [0.4, 0.5) is 10.1 Å². The highest BCUT2D eigenvalue weighted by atomic mass is 19.1. The minimum Gasteiger partial charge on any atom is -0.462 e. The number of rotatable bonds is 4. The molecule has 9 heteroatoms. The van der Waals surface area contributed by atoms with Gasteiger partial charge in [-0.1, -0.05) is 6.07 Å². The molecule has 33 heavy (non-hydrogen) atoms. The fourth-order valence-electron chi connectivity index (χ4n) is 3.94. The van der Waals surface area contributed by atoms with Gasteiger partial charge in [-0.3, -0.25) is 9.59 Å². The van der Waals surface area contributed by atoms with Gasteiger partial charge in [0, 0.05) is 6.20 Å². The summed E-state index contributed by atoms with van der Waals surface area (Å²) in [4.78, 5) is 43.8. The van der Waals surface area contributed by atoms with Gasteiger partial charge in [0.15, 0.2) is 5.65 Å². The van der Waals surface area contributed by atoms with Crippen LogP contribution in [-0.2, 0) is 4.74 Å². The van der Waals surface area contributed by atoms with Gasteiger partial charge in [-0.15, -0.1) is 0 Å². The first-order chi connectivity index (χ1) is 15.9. The van der Waals surface area contributed by atoms with Gasteiger partial charge in [-0.05, 0) is 56.3 Å². The number of hydrogen-bond donors (Lipinski definition) is 0. The van der Waals surface area contributed by atoms with Gasteiger partial charge >= 0.3 is 5.97 Å². The summed E-state index contributed by atoms with van der Waals surface area (Å²) >= 11 is 0. The highest BCUT2D eigenvalue weighted by Gasteiger charge is 2.40. The lowest BCUT2D eigenvalue weighted by molar-refractivity contribution is 0.0526. The van der Waals surface area contributed by atoms with Gasteiger partial charge in [0.05, 0.1) is 45.8 Å². The molecule has 5 rings (SSSR count). The highest BCUT2D eigenvalue weighted by molar-refractivity contribution is 6.37. The molecule has 1 aliphatic rings. The van der Waals surface area contributed by atoms with E-state index < -0.39 is 23.6 Å².